The summed E-state index contributed by atoms with van der Waals surface area (Å²) in [6.45, 7) is 2.26. The fourth-order valence-corrected chi connectivity index (χ4v) is 1.18. The van der Waals surface area contributed by atoms with E-state index in [9.17, 15) is 5.11 Å². The fraction of sp³-hybridized carbons (Fsp3) is 1.00. The molecule has 59 valence electrons. The van der Waals surface area contributed by atoms with Gasteiger partial charge < -0.3 is 10.1 Å². The molecule has 0 saturated carbocycles. The Balaban J connectivity index is 2.02. The van der Waals surface area contributed by atoms with E-state index >= 15 is 0 Å². The predicted octanol–water partition coefficient (Wildman–Crippen LogP) is 0.186. The van der Waals surface area contributed by atoms with Gasteiger partial charge in [-0.05, 0) is 19.4 Å². The highest BCUT2D eigenvalue weighted by molar-refractivity contribution is 4.68. The highest BCUT2D eigenvalue weighted by Crippen LogP contribution is 2.04. The lowest BCUT2D eigenvalue weighted by atomic mass is 10.1. The van der Waals surface area contributed by atoms with E-state index in [0.29, 0.717) is 12.7 Å². The Morgan fingerprint density at radius 2 is 2.50 bits per heavy atom. The van der Waals surface area contributed by atoms with Crippen LogP contribution in [-0.2, 0) is 9.84 Å². The molecule has 0 aromatic heterocycles. The predicted molar refractivity (Wildman–Crippen MR) is 37.4 cm³/mol. The molecule has 1 heterocycles. The van der Waals surface area contributed by atoms with Crippen LogP contribution in [0.4, 0.5) is 0 Å². The Hall–Kier alpha value is -0.120. The Morgan fingerprint density at radius 3 is 3.10 bits per heavy atom. The first kappa shape index (κ1) is 7.98. The SMILES string of the molecule is [O]CCOC1CCCNC1. The molecule has 1 rings (SSSR count). The van der Waals surface area contributed by atoms with E-state index in [1.807, 2.05) is 0 Å². The molecule has 0 aromatic rings. The van der Waals surface area contributed by atoms with E-state index in [1.165, 1.54) is 6.42 Å². The molecule has 1 aliphatic heterocycles. The molecule has 0 bridgehead atoms. The van der Waals surface area contributed by atoms with Gasteiger partial charge in [0.25, 0.3) is 0 Å². The maximum atomic E-state index is 10.0. The average molecular weight is 144 g/mol. The van der Waals surface area contributed by atoms with Gasteiger partial charge in [-0.2, -0.15) is 0 Å². The van der Waals surface area contributed by atoms with Crippen LogP contribution in [-0.4, -0.2) is 32.4 Å². The lowest BCUT2D eigenvalue weighted by Crippen LogP contribution is -2.35. The summed E-state index contributed by atoms with van der Waals surface area (Å²) < 4.78 is 5.26. The fourth-order valence-electron chi connectivity index (χ4n) is 1.18. The Labute approximate surface area is 61.4 Å². The summed E-state index contributed by atoms with van der Waals surface area (Å²) in [7, 11) is 0. The highest BCUT2D eigenvalue weighted by atomic mass is 16.5. The van der Waals surface area contributed by atoms with Crippen molar-refractivity contribution in [2.24, 2.45) is 0 Å². The topological polar surface area (TPSA) is 41.2 Å². The molecule has 1 fully saturated rings. The summed E-state index contributed by atoms with van der Waals surface area (Å²) in [5, 5.41) is 13.2. The second kappa shape index (κ2) is 4.66. The lowest BCUT2D eigenvalue weighted by molar-refractivity contribution is 0.00187. The van der Waals surface area contributed by atoms with E-state index < -0.39 is 0 Å². The van der Waals surface area contributed by atoms with E-state index in [2.05, 4.69) is 5.32 Å². The zero-order chi connectivity index (χ0) is 7.23. The minimum atomic E-state index is -0.115. The van der Waals surface area contributed by atoms with Gasteiger partial charge in [0.2, 0.25) is 0 Å². The second-order valence-electron chi connectivity index (χ2n) is 2.54. The smallest absolute Gasteiger partial charge is 0.106 e. The van der Waals surface area contributed by atoms with Crippen molar-refractivity contribution >= 4 is 0 Å². The monoisotopic (exact) mass is 144 g/mol. The molecule has 1 saturated heterocycles. The number of rotatable bonds is 3. The summed E-state index contributed by atoms with van der Waals surface area (Å²) in [5.41, 5.74) is 0. The van der Waals surface area contributed by atoms with Crippen LogP contribution >= 0.6 is 0 Å². The molecule has 1 unspecified atom stereocenters. The van der Waals surface area contributed by atoms with Gasteiger partial charge in [0.1, 0.15) is 6.61 Å². The zero-order valence-corrected chi connectivity index (χ0v) is 6.14. The first-order chi connectivity index (χ1) is 4.93. The van der Waals surface area contributed by atoms with Gasteiger partial charge in [0, 0.05) is 6.54 Å². The molecule has 0 spiro atoms. The van der Waals surface area contributed by atoms with Crippen molar-refractivity contribution in [3.8, 4) is 0 Å². The van der Waals surface area contributed by atoms with E-state index in [4.69, 9.17) is 4.74 Å². The van der Waals surface area contributed by atoms with Crippen LogP contribution in [0, 0.1) is 0 Å². The van der Waals surface area contributed by atoms with Gasteiger partial charge >= 0.3 is 0 Å². The third-order valence-electron chi connectivity index (χ3n) is 1.69. The summed E-state index contributed by atoms with van der Waals surface area (Å²) in [6.07, 6.45) is 2.57. The molecule has 10 heavy (non-hydrogen) atoms. The quantitative estimate of drug-likeness (QED) is 0.614. The second-order valence-corrected chi connectivity index (χ2v) is 2.54. The van der Waals surface area contributed by atoms with Crippen LogP contribution in [0.25, 0.3) is 0 Å². The van der Waals surface area contributed by atoms with E-state index in [-0.39, 0.29) is 6.61 Å². The molecule has 1 radical (unpaired) electrons. The normalized spacial score (nSPS) is 26.7. The van der Waals surface area contributed by atoms with Crippen LogP contribution in [0.3, 0.4) is 0 Å². The molecular formula is C7H14NO2. The van der Waals surface area contributed by atoms with Gasteiger partial charge in [-0.25, -0.2) is 5.11 Å². The standard InChI is InChI=1S/C7H14NO2/c9-4-5-10-7-2-1-3-8-6-7/h7-8H,1-6H2. The van der Waals surface area contributed by atoms with Gasteiger partial charge in [0.05, 0.1) is 12.7 Å². The van der Waals surface area contributed by atoms with Gasteiger partial charge in [0.15, 0.2) is 0 Å². The first-order valence-corrected chi connectivity index (χ1v) is 3.84. The van der Waals surface area contributed by atoms with E-state index in [1.54, 1.807) is 0 Å². The number of ether oxygens (including phenoxy) is 1. The Morgan fingerprint density at radius 1 is 1.60 bits per heavy atom. The van der Waals surface area contributed by atoms with Crippen molar-refractivity contribution in [3.05, 3.63) is 0 Å². The number of piperidine rings is 1. The molecular weight excluding hydrogens is 130 g/mol. The van der Waals surface area contributed by atoms with Crippen molar-refractivity contribution in [1.29, 1.82) is 0 Å². The summed E-state index contributed by atoms with van der Waals surface area (Å²) in [4.78, 5) is 0. The van der Waals surface area contributed by atoms with Crippen molar-refractivity contribution < 1.29 is 9.84 Å². The molecule has 1 N–H and O–H groups in total. The third-order valence-corrected chi connectivity index (χ3v) is 1.69. The summed E-state index contributed by atoms with van der Waals surface area (Å²) >= 11 is 0. The molecule has 0 aromatic carbocycles. The van der Waals surface area contributed by atoms with Gasteiger partial charge in [-0.15, -0.1) is 0 Å². The van der Waals surface area contributed by atoms with Crippen LogP contribution in [0.2, 0.25) is 0 Å². The number of hydrogen-bond acceptors (Lipinski definition) is 2. The van der Waals surface area contributed by atoms with E-state index in [0.717, 1.165) is 19.5 Å². The van der Waals surface area contributed by atoms with Gasteiger partial charge in [-0.1, -0.05) is 0 Å². The Kier molecular flexibility index (Phi) is 3.72. The molecule has 3 nitrogen and oxygen atoms in total. The minimum absolute atomic E-state index is 0.115. The van der Waals surface area contributed by atoms with Crippen molar-refractivity contribution in [2.75, 3.05) is 26.3 Å². The average Bonchev–Trinajstić information content (AvgIpc) is 2.03. The summed E-state index contributed by atoms with van der Waals surface area (Å²) in [6, 6.07) is 0. The zero-order valence-electron chi connectivity index (χ0n) is 6.14. The lowest BCUT2D eigenvalue weighted by Gasteiger charge is -2.22. The minimum Gasteiger partial charge on any atom is -0.374 e. The van der Waals surface area contributed by atoms with Gasteiger partial charge in [-0.3, -0.25) is 0 Å². The maximum Gasteiger partial charge on any atom is 0.106 e. The molecule has 0 amide bonds. The van der Waals surface area contributed by atoms with Crippen LogP contribution in [0.15, 0.2) is 0 Å². The molecule has 1 atom stereocenters. The number of hydrogen-bond donors (Lipinski definition) is 1. The highest BCUT2D eigenvalue weighted by Gasteiger charge is 2.11. The van der Waals surface area contributed by atoms with Crippen molar-refractivity contribution in [1.82, 2.24) is 5.32 Å². The number of nitrogens with one attached hydrogen (secondary N) is 1. The largest absolute Gasteiger partial charge is 0.374 e. The first-order valence-electron chi connectivity index (χ1n) is 3.84. The van der Waals surface area contributed by atoms with Crippen LogP contribution < -0.4 is 5.32 Å². The van der Waals surface area contributed by atoms with Crippen LogP contribution in [0.1, 0.15) is 12.8 Å². The van der Waals surface area contributed by atoms with Crippen LogP contribution in [0.5, 0.6) is 0 Å². The third kappa shape index (κ3) is 2.64. The molecule has 3 heteroatoms. The van der Waals surface area contributed by atoms with Crippen molar-refractivity contribution in [3.63, 3.8) is 0 Å². The van der Waals surface area contributed by atoms with Crippen molar-refractivity contribution in [2.45, 2.75) is 18.9 Å². The molecule has 0 aliphatic carbocycles. The molecule has 1 aliphatic rings. The Bertz CT molecular complexity index is 81.7. The maximum absolute atomic E-state index is 10.0. The summed E-state index contributed by atoms with van der Waals surface area (Å²) in [5.74, 6) is 0.